The highest BCUT2D eigenvalue weighted by Crippen LogP contribution is 2.32. The molecule has 1 aliphatic rings. The zero-order chi connectivity index (χ0) is 19.7. The molecule has 28 heavy (non-hydrogen) atoms. The predicted molar refractivity (Wildman–Crippen MR) is 96.9 cm³/mol. The standard InChI is InChI=1S/C20H17F3N2O3/c1-12-2-6-15(24-12)11-26-19-17-10-14(5-9-18(17)28-25-19)13-3-7-16(8-4-13)27-20(21,22)23/h3-5,7-10,15,24H,1-2,6,11H2/t15-/m0/s1. The molecule has 4 rings (SSSR count). The van der Waals surface area contributed by atoms with E-state index in [0.717, 1.165) is 29.7 Å². The van der Waals surface area contributed by atoms with E-state index in [0.29, 0.717) is 23.5 Å². The largest absolute Gasteiger partial charge is 0.573 e. The van der Waals surface area contributed by atoms with Crippen molar-refractivity contribution in [3.05, 3.63) is 54.7 Å². The van der Waals surface area contributed by atoms with Crippen LogP contribution in [0.4, 0.5) is 13.2 Å². The first-order valence-electron chi connectivity index (χ1n) is 8.70. The molecule has 1 N–H and O–H groups in total. The lowest BCUT2D eigenvalue weighted by atomic mass is 10.0. The first-order valence-corrected chi connectivity index (χ1v) is 8.70. The minimum absolute atomic E-state index is 0.184. The van der Waals surface area contributed by atoms with Gasteiger partial charge in [-0.3, -0.25) is 0 Å². The van der Waals surface area contributed by atoms with Gasteiger partial charge in [0.2, 0.25) is 0 Å². The fourth-order valence-electron chi connectivity index (χ4n) is 3.14. The average Bonchev–Trinajstić information content (AvgIpc) is 3.24. The Bertz CT molecular complexity index is 996. The average molecular weight is 390 g/mol. The lowest BCUT2D eigenvalue weighted by Gasteiger charge is -2.11. The third kappa shape index (κ3) is 4.05. The van der Waals surface area contributed by atoms with Gasteiger partial charge in [-0.2, -0.15) is 0 Å². The molecule has 0 aliphatic carbocycles. The van der Waals surface area contributed by atoms with Crippen molar-refractivity contribution in [1.82, 2.24) is 10.5 Å². The minimum Gasteiger partial charge on any atom is -0.473 e. The van der Waals surface area contributed by atoms with Gasteiger partial charge < -0.3 is 19.3 Å². The Balaban J connectivity index is 1.53. The van der Waals surface area contributed by atoms with Gasteiger partial charge in [0.1, 0.15) is 12.4 Å². The van der Waals surface area contributed by atoms with Crippen molar-refractivity contribution in [2.45, 2.75) is 25.2 Å². The maximum absolute atomic E-state index is 12.3. The second-order valence-corrected chi connectivity index (χ2v) is 6.57. The zero-order valence-electron chi connectivity index (χ0n) is 14.8. The topological polar surface area (TPSA) is 56.5 Å². The number of ether oxygens (including phenoxy) is 2. The molecule has 0 unspecified atom stereocenters. The summed E-state index contributed by atoms with van der Waals surface area (Å²) in [4.78, 5) is 0. The molecule has 1 aromatic heterocycles. The summed E-state index contributed by atoms with van der Waals surface area (Å²) >= 11 is 0. The molecule has 0 radical (unpaired) electrons. The third-order valence-corrected chi connectivity index (χ3v) is 4.48. The number of hydrogen-bond acceptors (Lipinski definition) is 5. The first kappa shape index (κ1) is 18.2. The summed E-state index contributed by atoms with van der Waals surface area (Å²) in [6.45, 7) is 4.34. The highest BCUT2D eigenvalue weighted by Gasteiger charge is 2.31. The summed E-state index contributed by atoms with van der Waals surface area (Å²) in [6, 6.07) is 11.2. The number of aromatic nitrogens is 1. The summed E-state index contributed by atoms with van der Waals surface area (Å²) in [7, 11) is 0. The van der Waals surface area contributed by atoms with Gasteiger partial charge in [-0.15, -0.1) is 13.2 Å². The van der Waals surface area contributed by atoms with E-state index in [4.69, 9.17) is 9.26 Å². The van der Waals surface area contributed by atoms with Crippen molar-refractivity contribution in [2.75, 3.05) is 6.61 Å². The van der Waals surface area contributed by atoms with Crippen molar-refractivity contribution in [3.63, 3.8) is 0 Å². The van der Waals surface area contributed by atoms with Crippen LogP contribution in [0.15, 0.2) is 59.3 Å². The maximum atomic E-state index is 12.3. The van der Waals surface area contributed by atoms with Crippen molar-refractivity contribution >= 4 is 11.0 Å². The maximum Gasteiger partial charge on any atom is 0.573 e. The Morgan fingerprint density at radius 1 is 1.14 bits per heavy atom. The van der Waals surface area contributed by atoms with Crippen LogP contribution in [0.1, 0.15) is 12.8 Å². The van der Waals surface area contributed by atoms with Gasteiger partial charge in [-0.1, -0.05) is 24.8 Å². The van der Waals surface area contributed by atoms with Crippen LogP contribution in [0.5, 0.6) is 11.6 Å². The van der Waals surface area contributed by atoms with Crippen molar-refractivity contribution in [1.29, 1.82) is 0 Å². The van der Waals surface area contributed by atoms with Gasteiger partial charge in [0.05, 0.1) is 11.4 Å². The Hall–Kier alpha value is -3.16. The fourth-order valence-corrected chi connectivity index (χ4v) is 3.14. The third-order valence-electron chi connectivity index (χ3n) is 4.48. The van der Waals surface area contributed by atoms with Crippen LogP contribution in [0, 0.1) is 0 Å². The Morgan fingerprint density at radius 2 is 1.89 bits per heavy atom. The number of benzene rings is 2. The lowest BCUT2D eigenvalue weighted by molar-refractivity contribution is -0.274. The molecule has 0 spiro atoms. The van der Waals surface area contributed by atoms with Crippen LogP contribution in [0.25, 0.3) is 22.1 Å². The van der Waals surface area contributed by atoms with Crippen LogP contribution in [0.3, 0.4) is 0 Å². The van der Waals surface area contributed by atoms with E-state index in [2.05, 4.69) is 21.8 Å². The number of allylic oxidation sites excluding steroid dienone is 1. The summed E-state index contributed by atoms with van der Waals surface area (Å²) in [5.74, 6) is 0.116. The molecular formula is C20H17F3N2O3. The van der Waals surface area contributed by atoms with Crippen molar-refractivity contribution in [2.24, 2.45) is 0 Å². The van der Waals surface area contributed by atoms with Crippen molar-refractivity contribution in [3.8, 4) is 22.8 Å². The molecule has 0 bridgehead atoms. The molecule has 0 amide bonds. The molecule has 1 fully saturated rings. The summed E-state index contributed by atoms with van der Waals surface area (Å²) < 4.78 is 51.9. The Kier molecular flexibility index (Phi) is 4.62. The highest BCUT2D eigenvalue weighted by molar-refractivity contribution is 5.87. The second kappa shape index (κ2) is 7.10. The molecule has 5 nitrogen and oxygen atoms in total. The molecule has 2 heterocycles. The minimum atomic E-state index is -4.71. The van der Waals surface area contributed by atoms with Crippen LogP contribution in [0.2, 0.25) is 0 Å². The molecule has 8 heteroatoms. The highest BCUT2D eigenvalue weighted by atomic mass is 19.4. The van der Waals surface area contributed by atoms with E-state index in [1.165, 1.54) is 12.1 Å². The van der Waals surface area contributed by atoms with Crippen LogP contribution < -0.4 is 14.8 Å². The number of alkyl halides is 3. The molecule has 2 aromatic carbocycles. The lowest BCUT2D eigenvalue weighted by Crippen LogP contribution is -2.27. The smallest absolute Gasteiger partial charge is 0.473 e. The normalized spacial score (nSPS) is 17.0. The van der Waals surface area contributed by atoms with E-state index < -0.39 is 6.36 Å². The molecular weight excluding hydrogens is 373 g/mol. The molecule has 146 valence electrons. The van der Waals surface area contributed by atoms with Gasteiger partial charge in [0.25, 0.3) is 5.88 Å². The van der Waals surface area contributed by atoms with Crippen LogP contribution in [-0.4, -0.2) is 24.2 Å². The molecule has 1 saturated heterocycles. The van der Waals surface area contributed by atoms with Gasteiger partial charge >= 0.3 is 6.36 Å². The number of nitrogens with zero attached hydrogens (tertiary/aromatic N) is 1. The summed E-state index contributed by atoms with van der Waals surface area (Å²) in [5.41, 5.74) is 3.10. The Morgan fingerprint density at radius 3 is 2.57 bits per heavy atom. The van der Waals surface area contributed by atoms with Crippen molar-refractivity contribution < 1.29 is 27.2 Å². The van der Waals surface area contributed by atoms with Crippen LogP contribution >= 0.6 is 0 Å². The van der Waals surface area contributed by atoms with Gasteiger partial charge in [-0.25, -0.2) is 0 Å². The number of hydrogen-bond donors (Lipinski definition) is 1. The molecule has 1 atom stereocenters. The fraction of sp³-hybridized carbons (Fsp3) is 0.250. The SMILES string of the molecule is C=C1CC[C@@H](COc2noc3ccc(-c4ccc(OC(F)(F)F)cc4)cc23)N1. The monoisotopic (exact) mass is 390 g/mol. The van der Waals surface area contributed by atoms with E-state index in [1.54, 1.807) is 24.3 Å². The molecule has 3 aromatic rings. The molecule has 0 saturated carbocycles. The van der Waals surface area contributed by atoms with E-state index in [1.807, 2.05) is 6.07 Å². The second-order valence-electron chi connectivity index (χ2n) is 6.57. The predicted octanol–water partition coefficient (Wildman–Crippen LogP) is 5.04. The summed E-state index contributed by atoms with van der Waals surface area (Å²) in [6.07, 6.45) is -2.84. The van der Waals surface area contributed by atoms with Crippen LogP contribution in [-0.2, 0) is 0 Å². The number of fused-ring (bicyclic) bond motifs is 1. The van der Waals surface area contributed by atoms with Gasteiger partial charge in [-0.05, 0) is 53.4 Å². The van der Waals surface area contributed by atoms with E-state index >= 15 is 0 Å². The van der Waals surface area contributed by atoms with E-state index in [-0.39, 0.29) is 11.8 Å². The zero-order valence-corrected chi connectivity index (χ0v) is 14.8. The number of halogens is 3. The number of nitrogens with one attached hydrogen (secondary N) is 1. The quantitative estimate of drug-likeness (QED) is 0.662. The Labute approximate surface area is 158 Å². The number of rotatable bonds is 5. The first-order chi connectivity index (χ1) is 13.4. The summed E-state index contributed by atoms with van der Waals surface area (Å²) in [5, 5.41) is 7.92. The molecule has 1 aliphatic heterocycles. The van der Waals surface area contributed by atoms with Gasteiger partial charge in [0.15, 0.2) is 5.58 Å². The van der Waals surface area contributed by atoms with E-state index in [9.17, 15) is 13.2 Å². The van der Waals surface area contributed by atoms with Gasteiger partial charge in [0, 0.05) is 5.70 Å².